The van der Waals surface area contributed by atoms with Gasteiger partial charge in [0.1, 0.15) is 5.82 Å². The molecule has 0 heterocycles. The Morgan fingerprint density at radius 3 is 2.41 bits per heavy atom. The molecule has 0 amide bonds. The van der Waals surface area contributed by atoms with Crippen LogP contribution >= 0.6 is 0 Å². The summed E-state index contributed by atoms with van der Waals surface area (Å²) in [5.41, 5.74) is 1.36. The van der Waals surface area contributed by atoms with Crippen LogP contribution in [0.5, 0.6) is 0 Å². The normalized spacial score (nSPS) is 12.1. The quantitative estimate of drug-likeness (QED) is 0.730. The summed E-state index contributed by atoms with van der Waals surface area (Å²) in [6.07, 6.45) is 0. The van der Waals surface area contributed by atoms with E-state index in [0.29, 0.717) is 11.1 Å². The fourth-order valence-electron chi connectivity index (χ4n) is 1.78. The van der Waals surface area contributed by atoms with Gasteiger partial charge in [0.25, 0.3) is 0 Å². The third kappa shape index (κ3) is 2.59. The third-order valence-corrected chi connectivity index (χ3v) is 2.80. The molecule has 0 N–H and O–H groups in total. The van der Waals surface area contributed by atoms with E-state index in [4.69, 9.17) is 0 Å². The predicted molar refractivity (Wildman–Crippen MR) is 65.6 cm³/mol. The van der Waals surface area contributed by atoms with E-state index >= 15 is 0 Å². The highest BCUT2D eigenvalue weighted by Crippen LogP contribution is 2.20. The molecule has 2 aromatic carbocycles. The van der Waals surface area contributed by atoms with Crippen molar-refractivity contribution in [3.05, 3.63) is 71.5 Å². The summed E-state index contributed by atoms with van der Waals surface area (Å²) >= 11 is 0. The van der Waals surface area contributed by atoms with Crippen molar-refractivity contribution in [3.63, 3.8) is 0 Å². The van der Waals surface area contributed by atoms with Crippen molar-refractivity contribution < 1.29 is 9.18 Å². The number of rotatable bonds is 3. The monoisotopic (exact) mass is 228 g/mol. The molecule has 1 nitrogen and oxygen atoms in total. The topological polar surface area (TPSA) is 17.1 Å². The number of hydrogen-bond acceptors (Lipinski definition) is 1. The van der Waals surface area contributed by atoms with Gasteiger partial charge in [0.2, 0.25) is 0 Å². The van der Waals surface area contributed by atoms with Gasteiger partial charge in [-0.2, -0.15) is 0 Å². The zero-order chi connectivity index (χ0) is 12.3. The Hall–Kier alpha value is -1.96. The summed E-state index contributed by atoms with van der Waals surface area (Å²) in [6, 6.07) is 15.2. The molecule has 0 bridgehead atoms. The van der Waals surface area contributed by atoms with Gasteiger partial charge in [-0.15, -0.1) is 0 Å². The first-order chi connectivity index (χ1) is 8.18. The van der Waals surface area contributed by atoms with Crippen LogP contribution in [0.15, 0.2) is 54.6 Å². The fraction of sp³-hybridized carbons (Fsp3) is 0.133. The van der Waals surface area contributed by atoms with E-state index in [0.717, 1.165) is 0 Å². The zero-order valence-electron chi connectivity index (χ0n) is 9.56. The van der Waals surface area contributed by atoms with E-state index in [1.54, 1.807) is 31.2 Å². The molecule has 17 heavy (non-hydrogen) atoms. The molecular formula is C15H13FO. The molecule has 0 spiro atoms. The first-order valence-electron chi connectivity index (χ1n) is 5.53. The molecule has 2 rings (SSSR count). The molecule has 2 heteroatoms. The molecule has 0 aromatic heterocycles. The summed E-state index contributed by atoms with van der Waals surface area (Å²) in [6.45, 7) is 1.80. The number of Topliss-reactive ketones (excluding diaryl/α,β-unsaturated/α-hetero) is 1. The fourth-order valence-corrected chi connectivity index (χ4v) is 1.78. The van der Waals surface area contributed by atoms with E-state index in [-0.39, 0.29) is 17.5 Å². The maximum atomic E-state index is 13.1. The lowest BCUT2D eigenvalue weighted by Gasteiger charge is -2.10. The van der Waals surface area contributed by atoms with Gasteiger partial charge in [-0.1, -0.05) is 49.4 Å². The SMILES string of the molecule is CC(C(=O)c1ccccc1)c1cccc(F)c1. The van der Waals surface area contributed by atoms with Crippen LogP contribution in [0.2, 0.25) is 0 Å². The van der Waals surface area contributed by atoms with Crippen LogP contribution in [0.4, 0.5) is 4.39 Å². The Bertz CT molecular complexity index is 519. The van der Waals surface area contributed by atoms with E-state index in [2.05, 4.69) is 0 Å². The molecule has 0 radical (unpaired) electrons. The van der Waals surface area contributed by atoms with Gasteiger partial charge in [-0.25, -0.2) is 4.39 Å². The number of benzene rings is 2. The zero-order valence-corrected chi connectivity index (χ0v) is 9.56. The van der Waals surface area contributed by atoms with E-state index < -0.39 is 0 Å². The maximum Gasteiger partial charge on any atom is 0.170 e. The Kier molecular flexibility index (Phi) is 3.33. The van der Waals surface area contributed by atoms with Crippen LogP contribution in [0.25, 0.3) is 0 Å². The van der Waals surface area contributed by atoms with Crippen LogP contribution in [-0.2, 0) is 0 Å². The molecule has 0 aliphatic rings. The minimum Gasteiger partial charge on any atom is -0.294 e. The van der Waals surface area contributed by atoms with Gasteiger partial charge in [0.15, 0.2) is 5.78 Å². The van der Waals surface area contributed by atoms with Crippen molar-refractivity contribution in [2.75, 3.05) is 0 Å². The van der Waals surface area contributed by atoms with Gasteiger partial charge >= 0.3 is 0 Å². The molecule has 86 valence electrons. The molecular weight excluding hydrogens is 215 g/mol. The predicted octanol–water partition coefficient (Wildman–Crippen LogP) is 3.81. The number of hydrogen-bond donors (Lipinski definition) is 0. The third-order valence-electron chi connectivity index (χ3n) is 2.80. The molecule has 0 saturated heterocycles. The van der Waals surface area contributed by atoms with Crippen molar-refractivity contribution in [2.45, 2.75) is 12.8 Å². The first kappa shape index (κ1) is 11.5. The highest BCUT2D eigenvalue weighted by molar-refractivity contribution is 6.00. The molecule has 2 aromatic rings. The Labute approximate surface area is 99.9 Å². The van der Waals surface area contributed by atoms with Gasteiger partial charge < -0.3 is 0 Å². The van der Waals surface area contributed by atoms with E-state index in [1.165, 1.54) is 12.1 Å². The molecule has 0 aliphatic heterocycles. The average Bonchev–Trinajstić information content (AvgIpc) is 2.38. The van der Waals surface area contributed by atoms with Crippen LogP contribution in [0, 0.1) is 5.82 Å². The van der Waals surface area contributed by atoms with Crippen molar-refractivity contribution in [2.24, 2.45) is 0 Å². The van der Waals surface area contributed by atoms with Crippen LogP contribution in [-0.4, -0.2) is 5.78 Å². The van der Waals surface area contributed by atoms with Gasteiger partial charge in [0.05, 0.1) is 0 Å². The summed E-state index contributed by atoms with van der Waals surface area (Å²) < 4.78 is 13.1. The van der Waals surface area contributed by atoms with Crippen molar-refractivity contribution in [1.29, 1.82) is 0 Å². The Balaban J connectivity index is 2.27. The number of ketones is 1. The van der Waals surface area contributed by atoms with Crippen molar-refractivity contribution in [1.82, 2.24) is 0 Å². The average molecular weight is 228 g/mol. The summed E-state index contributed by atoms with van der Waals surface area (Å²) in [7, 11) is 0. The molecule has 0 fully saturated rings. The molecule has 1 unspecified atom stereocenters. The number of carbonyl (C=O) groups excluding carboxylic acids is 1. The standard InChI is InChI=1S/C15H13FO/c1-11(13-8-5-9-14(16)10-13)15(17)12-6-3-2-4-7-12/h2-11H,1H3. The minimum atomic E-state index is -0.326. The largest absolute Gasteiger partial charge is 0.294 e. The molecule has 0 saturated carbocycles. The van der Waals surface area contributed by atoms with Crippen LogP contribution < -0.4 is 0 Å². The van der Waals surface area contributed by atoms with Crippen LogP contribution in [0.3, 0.4) is 0 Å². The molecule has 0 aliphatic carbocycles. The summed E-state index contributed by atoms with van der Waals surface area (Å²) in [4.78, 5) is 12.1. The van der Waals surface area contributed by atoms with Crippen molar-refractivity contribution in [3.8, 4) is 0 Å². The highest BCUT2D eigenvalue weighted by atomic mass is 19.1. The summed E-state index contributed by atoms with van der Waals surface area (Å²) in [5.74, 6) is -0.625. The van der Waals surface area contributed by atoms with Crippen LogP contribution in [0.1, 0.15) is 28.8 Å². The second-order valence-electron chi connectivity index (χ2n) is 4.01. The summed E-state index contributed by atoms with van der Waals surface area (Å²) in [5, 5.41) is 0. The molecule has 1 atom stereocenters. The first-order valence-corrected chi connectivity index (χ1v) is 5.53. The van der Waals surface area contributed by atoms with Crippen molar-refractivity contribution >= 4 is 5.78 Å². The second kappa shape index (κ2) is 4.91. The minimum absolute atomic E-state index is 0.0104. The Morgan fingerprint density at radius 2 is 1.76 bits per heavy atom. The van der Waals surface area contributed by atoms with E-state index in [1.807, 2.05) is 18.2 Å². The van der Waals surface area contributed by atoms with Gasteiger partial charge in [0, 0.05) is 11.5 Å². The maximum absolute atomic E-state index is 13.1. The lowest BCUT2D eigenvalue weighted by molar-refractivity contribution is 0.0966. The number of carbonyl (C=O) groups is 1. The number of halogens is 1. The smallest absolute Gasteiger partial charge is 0.170 e. The van der Waals surface area contributed by atoms with Gasteiger partial charge in [-0.05, 0) is 17.7 Å². The lowest BCUT2D eigenvalue weighted by atomic mass is 9.92. The second-order valence-corrected chi connectivity index (χ2v) is 4.01. The Morgan fingerprint density at radius 1 is 1.06 bits per heavy atom. The lowest BCUT2D eigenvalue weighted by Crippen LogP contribution is -2.09. The van der Waals surface area contributed by atoms with E-state index in [9.17, 15) is 9.18 Å². The highest BCUT2D eigenvalue weighted by Gasteiger charge is 2.16. The van der Waals surface area contributed by atoms with Gasteiger partial charge in [-0.3, -0.25) is 4.79 Å².